The number of benzene rings is 1. The van der Waals surface area contributed by atoms with Crippen LogP contribution < -0.4 is 5.32 Å². The normalized spacial score (nSPS) is 25.1. The topological polar surface area (TPSA) is 135 Å². The van der Waals surface area contributed by atoms with E-state index in [0.29, 0.717) is 32.5 Å². The molecule has 3 aliphatic rings. The molecule has 4 rings (SSSR count). The summed E-state index contributed by atoms with van der Waals surface area (Å²) in [6.45, 7) is 9.36. The van der Waals surface area contributed by atoms with Crippen LogP contribution in [0.25, 0.3) is 0 Å². The van der Waals surface area contributed by atoms with Crippen molar-refractivity contribution in [2.75, 3.05) is 32.9 Å². The van der Waals surface area contributed by atoms with E-state index in [-0.39, 0.29) is 36.4 Å². The highest BCUT2D eigenvalue weighted by Crippen LogP contribution is 2.48. The molecule has 3 N–H and O–H groups in total. The van der Waals surface area contributed by atoms with Crippen molar-refractivity contribution in [1.29, 1.82) is 5.26 Å². The molecule has 2 bridgehead atoms. The highest BCUT2D eigenvalue weighted by atomic mass is 16.6. The van der Waals surface area contributed by atoms with Gasteiger partial charge in [-0.25, -0.2) is 4.79 Å². The fourth-order valence-corrected chi connectivity index (χ4v) is 6.93. The van der Waals surface area contributed by atoms with E-state index >= 15 is 0 Å². The Labute approximate surface area is 237 Å². The second kappa shape index (κ2) is 12.9. The number of amides is 2. The van der Waals surface area contributed by atoms with E-state index < -0.39 is 30.6 Å². The van der Waals surface area contributed by atoms with E-state index in [4.69, 9.17) is 9.47 Å². The van der Waals surface area contributed by atoms with Crippen LogP contribution in [0.4, 0.5) is 4.79 Å². The van der Waals surface area contributed by atoms with Crippen LogP contribution in [0.3, 0.4) is 0 Å². The number of hydrogen-bond acceptors (Lipinski definition) is 8. The second-order valence-corrected chi connectivity index (χ2v) is 12.3. The van der Waals surface area contributed by atoms with Crippen molar-refractivity contribution >= 4 is 19.1 Å². The molecule has 1 aromatic rings. The van der Waals surface area contributed by atoms with E-state index in [1.54, 1.807) is 0 Å². The van der Waals surface area contributed by atoms with Crippen molar-refractivity contribution in [2.45, 2.75) is 82.4 Å². The first-order valence-corrected chi connectivity index (χ1v) is 14.5. The van der Waals surface area contributed by atoms with Gasteiger partial charge in [0.15, 0.2) is 0 Å². The molecule has 0 aliphatic carbocycles. The molecule has 11 heteroatoms. The Morgan fingerprint density at radius 1 is 1.23 bits per heavy atom. The van der Waals surface area contributed by atoms with Crippen molar-refractivity contribution < 1.29 is 29.1 Å². The third kappa shape index (κ3) is 6.80. The van der Waals surface area contributed by atoms with Gasteiger partial charge < -0.3 is 29.7 Å². The van der Waals surface area contributed by atoms with Gasteiger partial charge in [0.2, 0.25) is 5.91 Å². The summed E-state index contributed by atoms with van der Waals surface area (Å²) < 4.78 is 11.1. The summed E-state index contributed by atoms with van der Waals surface area (Å²) in [5.74, 6) is -2.05. The zero-order chi connectivity index (χ0) is 28.9. The maximum atomic E-state index is 13.9. The third-order valence-electron chi connectivity index (χ3n) is 9.10. The first-order valence-electron chi connectivity index (χ1n) is 14.5. The Bertz CT molecular complexity index is 1050. The zero-order valence-electron chi connectivity index (χ0n) is 23.9. The van der Waals surface area contributed by atoms with Crippen molar-refractivity contribution in [3.8, 4) is 6.07 Å². The third-order valence-corrected chi connectivity index (χ3v) is 9.10. The molecule has 3 aliphatic heterocycles. The minimum Gasteiger partial charge on any atom is -0.447 e. The molecule has 3 heterocycles. The summed E-state index contributed by atoms with van der Waals surface area (Å²) >= 11 is 0. The Morgan fingerprint density at radius 3 is 2.48 bits per heavy atom. The molecule has 2 amide bonds. The number of nitriles is 1. The van der Waals surface area contributed by atoms with Gasteiger partial charge >= 0.3 is 13.2 Å². The summed E-state index contributed by atoms with van der Waals surface area (Å²) in [5, 5.41) is 32.3. The zero-order valence-corrected chi connectivity index (χ0v) is 23.9. The highest BCUT2D eigenvalue weighted by molar-refractivity contribution is 6.43. The minimum atomic E-state index is -1.76. The predicted molar refractivity (Wildman–Crippen MR) is 150 cm³/mol. The van der Waals surface area contributed by atoms with Crippen LogP contribution in [0.15, 0.2) is 30.3 Å². The summed E-state index contributed by atoms with van der Waals surface area (Å²) in [5.41, 5.74) is 0.0363. The number of fused-ring (bicyclic) bond motifs is 2. The summed E-state index contributed by atoms with van der Waals surface area (Å²) in [6, 6.07) is 11.6. The van der Waals surface area contributed by atoms with Crippen molar-refractivity contribution in [3.05, 3.63) is 35.9 Å². The van der Waals surface area contributed by atoms with Gasteiger partial charge in [0.25, 0.3) is 0 Å². The van der Waals surface area contributed by atoms with E-state index in [1.165, 1.54) is 0 Å². The molecular weight excluding hydrogens is 511 g/mol. The Hall–Kier alpha value is -2.65. The van der Waals surface area contributed by atoms with Gasteiger partial charge in [0.1, 0.15) is 12.5 Å². The molecule has 40 heavy (non-hydrogen) atoms. The minimum absolute atomic E-state index is 0.00640. The molecule has 0 saturated carbocycles. The van der Waals surface area contributed by atoms with E-state index in [1.807, 2.05) is 42.2 Å². The predicted octanol–water partition coefficient (Wildman–Crippen LogP) is 2.14. The Balaban J connectivity index is 1.38. The van der Waals surface area contributed by atoms with Crippen LogP contribution in [0, 0.1) is 23.2 Å². The number of hydrogen-bond donors (Lipinski definition) is 3. The number of nitrogens with zero attached hydrogens (tertiary/aromatic N) is 3. The summed E-state index contributed by atoms with van der Waals surface area (Å²) in [7, 11) is -1.76. The number of nitrogens with one attached hydrogen (secondary N) is 1. The smallest absolute Gasteiger partial charge is 0.447 e. The van der Waals surface area contributed by atoms with Crippen LogP contribution in [-0.4, -0.2) is 94.9 Å². The second-order valence-electron chi connectivity index (χ2n) is 12.3. The fourth-order valence-electron chi connectivity index (χ4n) is 6.93. The van der Waals surface area contributed by atoms with Gasteiger partial charge in [-0.2, -0.15) is 5.26 Å². The largest absolute Gasteiger partial charge is 0.475 e. The van der Waals surface area contributed by atoms with Crippen LogP contribution >= 0.6 is 0 Å². The molecule has 0 aromatic heterocycles. The van der Waals surface area contributed by atoms with Gasteiger partial charge in [-0.1, -0.05) is 37.3 Å². The average Bonchev–Trinajstić information content (AvgIpc) is 3.48. The van der Waals surface area contributed by atoms with Gasteiger partial charge in [-0.3, -0.25) is 9.69 Å². The molecule has 3 fully saturated rings. The van der Waals surface area contributed by atoms with Crippen molar-refractivity contribution in [3.63, 3.8) is 0 Å². The van der Waals surface area contributed by atoms with Gasteiger partial charge in [-0.15, -0.1) is 0 Å². The van der Waals surface area contributed by atoms with Crippen LogP contribution in [0.5, 0.6) is 0 Å². The molecule has 10 nitrogen and oxygen atoms in total. The molecule has 0 radical (unpaired) electrons. The number of rotatable bonds is 11. The Kier molecular flexibility index (Phi) is 9.78. The van der Waals surface area contributed by atoms with Crippen molar-refractivity contribution in [1.82, 2.24) is 15.1 Å². The maximum absolute atomic E-state index is 13.9. The first kappa shape index (κ1) is 30.3. The fraction of sp³-hybridized carbons (Fsp3) is 0.690. The lowest BCUT2D eigenvalue weighted by Crippen LogP contribution is -2.54. The molecule has 1 unspecified atom stereocenters. The first-order chi connectivity index (χ1) is 19.1. The quantitative estimate of drug-likeness (QED) is 0.354. The van der Waals surface area contributed by atoms with E-state index in [2.05, 4.69) is 30.1 Å². The van der Waals surface area contributed by atoms with Crippen LogP contribution in [0.2, 0.25) is 0 Å². The van der Waals surface area contributed by atoms with Gasteiger partial charge in [0.05, 0.1) is 30.8 Å². The number of morpholine rings is 1. The standard InChI is InChI=1S/C29H43BN4O6/c1-21(18-28(2,3)33-13-15-39-16-14-33)24(19-31)26(35)34-23-9-11-29(34,12-10-23)20-40-27(36)32-25(30(37)38)17-22-7-5-4-6-8-22/h4-8,21,23-25,37-38H,9-18,20H2,1-3H3,(H,32,36)/t21-,23?,24?,25-,29?/m0/s1. The molecule has 0 spiro atoms. The number of carbonyl (C=O) groups is 2. The lowest BCUT2D eigenvalue weighted by Gasteiger charge is -2.43. The summed E-state index contributed by atoms with van der Waals surface area (Å²) in [6.07, 6.45) is 3.21. The average molecular weight is 554 g/mol. The van der Waals surface area contributed by atoms with E-state index in [0.717, 1.165) is 31.5 Å². The highest BCUT2D eigenvalue weighted by Gasteiger charge is 2.56. The number of alkyl carbamates (subject to hydrolysis) is 1. The van der Waals surface area contributed by atoms with Gasteiger partial charge in [-0.05, 0) is 63.9 Å². The monoisotopic (exact) mass is 554 g/mol. The molecular formula is C29H43BN4O6. The molecule has 1 aromatic carbocycles. The summed E-state index contributed by atoms with van der Waals surface area (Å²) in [4.78, 5) is 30.9. The van der Waals surface area contributed by atoms with E-state index in [9.17, 15) is 24.9 Å². The van der Waals surface area contributed by atoms with Crippen molar-refractivity contribution in [2.24, 2.45) is 11.8 Å². The number of ether oxygens (including phenoxy) is 2. The van der Waals surface area contributed by atoms with Crippen LogP contribution in [-0.2, 0) is 20.7 Å². The molecule has 3 saturated heterocycles. The molecule has 3 atom stereocenters. The lowest BCUT2D eigenvalue weighted by atomic mass is 9.76. The maximum Gasteiger partial charge on any atom is 0.475 e. The SMILES string of the molecule is C[C@@H](CC(C)(C)N1CCOCC1)C(C#N)C(=O)N1C2CCC1(COC(=O)N[C@@H](Cc1ccccc1)B(O)O)CC2. The Morgan fingerprint density at radius 2 is 1.88 bits per heavy atom. The van der Waals surface area contributed by atoms with Gasteiger partial charge in [0, 0.05) is 24.7 Å². The number of carbonyl (C=O) groups excluding carboxylic acids is 2. The van der Waals surface area contributed by atoms with Crippen LogP contribution in [0.1, 0.15) is 58.4 Å². The lowest BCUT2D eigenvalue weighted by molar-refractivity contribution is -0.141. The molecule has 218 valence electrons.